The zero-order valence-electron chi connectivity index (χ0n) is 21.5. The van der Waals surface area contributed by atoms with Crippen molar-refractivity contribution in [3.63, 3.8) is 0 Å². The average molecular weight is 492 g/mol. The van der Waals surface area contributed by atoms with Crippen LogP contribution in [0.2, 0.25) is 0 Å². The molecule has 5 nitrogen and oxygen atoms in total. The smallest absolute Gasteiger partial charge is 0.161 e. The Hall–Kier alpha value is -1.95. The Morgan fingerprint density at radius 2 is 1.47 bits per heavy atom. The van der Waals surface area contributed by atoms with Gasteiger partial charge in [0.1, 0.15) is 5.75 Å². The highest BCUT2D eigenvalue weighted by atomic mass is 35.5. The quantitative estimate of drug-likeness (QED) is 0.330. The molecule has 190 valence electrons. The van der Waals surface area contributed by atoms with Crippen LogP contribution in [0.15, 0.2) is 30.3 Å². The number of hydrogen-bond donors (Lipinski definition) is 1. The summed E-state index contributed by atoms with van der Waals surface area (Å²) in [5.74, 6) is 2.49. The molecule has 6 heteroatoms. The van der Waals surface area contributed by atoms with Gasteiger partial charge in [0.05, 0.1) is 26.4 Å². The summed E-state index contributed by atoms with van der Waals surface area (Å²) >= 11 is 0. The van der Waals surface area contributed by atoms with Crippen LogP contribution in [0.1, 0.15) is 54.4 Å². The third-order valence-corrected chi connectivity index (χ3v) is 7.04. The molecule has 0 bridgehead atoms. The Bertz CT molecular complexity index is 883. The summed E-state index contributed by atoms with van der Waals surface area (Å²) in [4.78, 5) is 2.34. The molecule has 0 atom stereocenters. The number of rotatable bonds is 11. The van der Waals surface area contributed by atoms with Crippen molar-refractivity contribution in [2.24, 2.45) is 0 Å². The lowest BCUT2D eigenvalue weighted by Gasteiger charge is -2.27. The molecule has 1 N–H and O–H groups in total. The summed E-state index contributed by atoms with van der Waals surface area (Å²) in [7, 11) is 5.49. The predicted molar refractivity (Wildman–Crippen MR) is 141 cm³/mol. The number of hydrogen-bond acceptors (Lipinski definition) is 5. The first-order valence-electron chi connectivity index (χ1n) is 12.2. The molecule has 0 aliphatic heterocycles. The van der Waals surface area contributed by atoms with Crippen LogP contribution in [0.4, 0.5) is 0 Å². The van der Waals surface area contributed by atoms with E-state index in [0.29, 0.717) is 0 Å². The van der Waals surface area contributed by atoms with Crippen molar-refractivity contribution in [3.05, 3.63) is 52.6 Å². The molecule has 0 amide bonds. The Balaban J connectivity index is 0.00000408. The Morgan fingerprint density at radius 3 is 2.03 bits per heavy atom. The third kappa shape index (κ3) is 7.79. The molecule has 2 aromatic rings. The zero-order chi connectivity index (χ0) is 23.8. The average Bonchev–Trinajstić information content (AvgIpc) is 2.97. The van der Waals surface area contributed by atoms with E-state index in [2.05, 4.69) is 50.1 Å². The highest BCUT2D eigenvalue weighted by Crippen LogP contribution is 2.37. The number of aliphatic hydroxyl groups is 1. The SMILES string of the molecule is COc1cc2c(cc1OC)CCC(O)(CCCN(C)CCCOc1ccc(C)c(C)c1)CC2.Cl. The number of ether oxygens (including phenoxy) is 3. The number of methoxy groups -OCH3 is 2. The van der Waals surface area contributed by atoms with E-state index in [1.165, 1.54) is 22.3 Å². The van der Waals surface area contributed by atoms with Gasteiger partial charge in [-0.05, 0) is 119 Å². The molecule has 0 unspecified atom stereocenters. The van der Waals surface area contributed by atoms with E-state index in [0.717, 1.165) is 81.9 Å². The zero-order valence-corrected chi connectivity index (χ0v) is 22.3. The summed E-state index contributed by atoms with van der Waals surface area (Å²) in [5.41, 5.74) is 4.49. The number of benzene rings is 2. The fourth-order valence-electron chi connectivity index (χ4n) is 4.66. The van der Waals surface area contributed by atoms with Crippen LogP contribution in [0.25, 0.3) is 0 Å². The molecule has 0 fully saturated rings. The minimum absolute atomic E-state index is 0. The van der Waals surface area contributed by atoms with Gasteiger partial charge in [-0.3, -0.25) is 0 Å². The van der Waals surface area contributed by atoms with Crippen LogP contribution in [-0.4, -0.2) is 56.6 Å². The molecule has 2 aromatic carbocycles. The van der Waals surface area contributed by atoms with Gasteiger partial charge in [0, 0.05) is 6.54 Å². The van der Waals surface area contributed by atoms with Crippen molar-refractivity contribution in [3.8, 4) is 17.2 Å². The van der Waals surface area contributed by atoms with Gasteiger partial charge in [-0.1, -0.05) is 6.07 Å². The molecule has 3 rings (SSSR count). The van der Waals surface area contributed by atoms with Gasteiger partial charge in [0.15, 0.2) is 11.5 Å². The second kappa shape index (κ2) is 13.2. The molecule has 0 radical (unpaired) electrons. The first-order chi connectivity index (χ1) is 15.8. The number of halogens is 1. The van der Waals surface area contributed by atoms with Crippen molar-refractivity contribution >= 4 is 12.4 Å². The minimum Gasteiger partial charge on any atom is -0.494 e. The molecule has 0 heterocycles. The minimum atomic E-state index is -0.604. The van der Waals surface area contributed by atoms with E-state index >= 15 is 0 Å². The second-order valence-electron chi connectivity index (χ2n) is 9.56. The van der Waals surface area contributed by atoms with Crippen LogP contribution < -0.4 is 14.2 Å². The molecule has 0 spiro atoms. The summed E-state index contributed by atoms with van der Waals surface area (Å²) in [6.07, 6.45) is 6.15. The van der Waals surface area contributed by atoms with E-state index in [9.17, 15) is 5.11 Å². The maximum absolute atomic E-state index is 11.3. The molecule has 0 saturated heterocycles. The third-order valence-electron chi connectivity index (χ3n) is 7.04. The number of fused-ring (bicyclic) bond motifs is 1. The lowest BCUT2D eigenvalue weighted by atomic mass is 9.89. The van der Waals surface area contributed by atoms with Gasteiger partial charge in [-0.25, -0.2) is 0 Å². The highest BCUT2D eigenvalue weighted by molar-refractivity contribution is 5.85. The maximum atomic E-state index is 11.3. The van der Waals surface area contributed by atoms with Gasteiger partial charge in [-0.2, -0.15) is 0 Å². The molecular formula is C28H42ClNO4. The first-order valence-corrected chi connectivity index (χ1v) is 12.2. The van der Waals surface area contributed by atoms with Gasteiger partial charge in [0.2, 0.25) is 0 Å². The largest absolute Gasteiger partial charge is 0.494 e. The standard InChI is InChI=1S/C28H41NO4.ClH/c1-21-8-9-25(18-22(21)2)33-17-7-16-29(3)15-6-12-28(30)13-10-23-19-26(31-4)27(32-5)20-24(23)11-14-28;/h8-9,18-20,30H,6-7,10-17H2,1-5H3;1H. The topological polar surface area (TPSA) is 51.2 Å². The van der Waals surface area contributed by atoms with E-state index < -0.39 is 5.60 Å². The molecular weight excluding hydrogens is 450 g/mol. The van der Waals surface area contributed by atoms with Gasteiger partial charge < -0.3 is 24.2 Å². The van der Waals surface area contributed by atoms with Crippen molar-refractivity contribution in [1.82, 2.24) is 4.90 Å². The van der Waals surface area contributed by atoms with Gasteiger partial charge in [0.25, 0.3) is 0 Å². The highest BCUT2D eigenvalue weighted by Gasteiger charge is 2.30. The monoisotopic (exact) mass is 491 g/mol. The van der Waals surface area contributed by atoms with Gasteiger partial charge >= 0.3 is 0 Å². The number of aryl methyl sites for hydroxylation is 4. The Labute approximate surface area is 211 Å². The summed E-state index contributed by atoms with van der Waals surface area (Å²) in [6, 6.07) is 10.4. The fraction of sp³-hybridized carbons (Fsp3) is 0.571. The van der Waals surface area contributed by atoms with Crippen LogP contribution in [-0.2, 0) is 12.8 Å². The predicted octanol–water partition coefficient (Wildman–Crippen LogP) is 5.53. The maximum Gasteiger partial charge on any atom is 0.161 e. The summed E-state index contributed by atoms with van der Waals surface area (Å²) in [6.45, 7) is 6.94. The van der Waals surface area contributed by atoms with Crippen molar-refractivity contribution in [2.75, 3.05) is 41.0 Å². The number of nitrogens with zero attached hydrogens (tertiary/aromatic N) is 1. The molecule has 0 aromatic heterocycles. The van der Waals surface area contributed by atoms with Crippen molar-refractivity contribution in [2.45, 2.75) is 64.4 Å². The molecule has 1 aliphatic rings. The summed E-state index contributed by atoms with van der Waals surface area (Å²) in [5, 5.41) is 11.3. The van der Waals surface area contributed by atoms with Crippen LogP contribution >= 0.6 is 12.4 Å². The van der Waals surface area contributed by atoms with Crippen molar-refractivity contribution < 1.29 is 19.3 Å². The Kier molecular flexibility index (Phi) is 11.0. The van der Waals surface area contributed by atoms with E-state index in [1.807, 2.05) is 6.07 Å². The lowest BCUT2D eigenvalue weighted by molar-refractivity contribution is 0.0134. The van der Waals surface area contributed by atoms with Crippen LogP contribution in [0.3, 0.4) is 0 Å². The normalized spacial score (nSPS) is 14.7. The fourth-order valence-corrected chi connectivity index (χ4v) is 4.66. The molecule has 34 heavy (non-hydrogen) atoms. The Morgan fingerprint density at radius 1 is 0.882 bits per heavy atom. The van der Waals surface area contributed by atoms with Crippen molar-refractivity contribution in [1.29, 1.82) is 0 Å². The molecule has 1 aliphatic carbocycles. The summed E-state index contributed by atoms with van der Waals surface area (Å²) < 4.78 is 16.8. The van der Waals surface area contributed by atoms with Crippen LogP contribution in [0.5, 0.6) is 17.2 Å². The lowest BCUT2D eigenvalue weighted by Crippen LogP contribution is -2.31. The van der Waals surface area contributed by atoms with E-state index in [1.54, 1.807) is 14.2 Å². The van der Waals surface area contributed by atoms with E-state index in [4.69, 9.17) is 14.2 Å². The van der Waals surface area contributed by atoms with Crippen LogP contribution in [0, 0.1) is 13.8 Å². The first kappa shape index (κ1) is 28.3. The second-order valence-corrected chi connectivity index (χ2v) is 9.56. The molecule has 0 saturated carbocycles. The van der Waals surface area contributed by atoms with E-state index in [-0.39, 0.29) is 12.4 Å². The van der Waals surface area contributed by atoms with Gasteiger partial charge in [-0.15, -0.1) is 12.4 Å².